The number of likely N-dealkylation sites (tertiary alicyclic amines) is 1. The van der Waals surface area contributed by atoms with Gasteiger partial charge in [0.2, 0.25) is 6.79 Å². The van der Waals surface area contributed by atoms with Crippen LogP contribution in [0.25, 0.3) is 0 Å². The normalized spacial score (nSPS) is 27.3. The average Bonchev–Trinajstić information content (AvgIpc) is 3.29. The highest BCUT2D eigenvalue weighted by atomic mass is 16.7. The van der Waals surface area contributed by atoms with Gasteiger partial charge in [-0.15, -0.1) is 0 Å². The van der Waals surface area contributed by atoms with Gasteiger partial charge >= 0.3 is 0 Å². The smallest absolute Gasteiger partial charge is 0.231 e. The van der Waals surface area contributed by atoms with Crippen molar-refractivity contribution in [3.05, 3.63) is 54.1 Å². The van der Waals surface area contributed by atoms with Crippen LogP contribution < -0.4 is 14.8 Å². The first-order valence-corrected chi connectivity index (χ1v) is 9.79. The molecule has 1 aliphatic carbocycles. The summed E-state index contributed by atoms with van der Waals surface area (Å²) in [5.41, 5.74) is 2.57. The van der Waals surface area contributed by atoms with Crippen molar-refractivity contribution in [3.8, 4) is 11.5 Å². The fourth-order valence-electron chi connectivity index (χ4n) is 4.86. The highest BCUT2D eigenvalue weighted by Crippen LogP contribution is 2.39. The number of nitrogens with one attached hydrogen (secondary N) is 1. The second kappa shape index (κ2) is 6.84. The van der Waals surface area contributed by atoms with Crippen molar-refractivity contribution in [1.82, 2.24) is 4.90 Å². The van der Waals surface area contributed by atoms with Gasteiger partial charge in [-0.2, -0.15) is 0 Å². The third-order valence-corrected chi connectivity index (χ3v) is 6.18. The zero-order valence-corrected chi connectivity index (χ0v) is 15.1. The summed E-state index contributed by atoms with van der Waals surface area (Å²) in [6, 6.07) is 18.3. The van der Waals surface area contributed by atoms with E-state index in [9.17, 15) is 0 Å². The van der Waals surface area contributed by atoms with Crippen LogP contribution >= 0.6 is 0 Å². The summed E-state index contributed by atoms with van der Waals surface area (Å²) < 4.78 is 10.9. The van der Waals surface area contributed by atoms with Gasteiger partial charge in [-0.1, -0.05) is 30.3 Å². The summed E-state index contributed by atoms with van der Waals surface area (Å²) in [6.45, 7) is 2.65. The van der Waals surface area contributed by atoms with Crippen molar-refractivity contribution in [1.29, 1.82) is 0 Å². The molecule has 3 atom stereocenters. The van der Waals surface area contributed by atoms with Crippen LogP contribution in [0.4, 0.5) is 5.69 Å². The Morgan fingerprint density at radius 3 is 2.77 bits per heavy atom. The fraction of sp³-hybridized carbons (Fsp3) is 0.455. The molecule has 3 unspecified atom stereocenters. The maximum atomic E-state index is 5.51. The standard InChI is InChI=1S/C22H26N2O2/c1-2-4-16(5-3-1)14-24-11-10-17-6-7-18(12-20(17)24)23-19-8-9-21-22(13-19)26-15-25-21/h1-5,8-9,13,17-18,20,23H,6-7,10-12,14-15H2. The van der Waals surface area contributed by atoms with Crippen molar-refractivity contribution in [3.63, 3.8) is 0 Å². The van der Waals surface area contributed by atoms with Crippen LogP contribution in [0.2, 0.25) is 0 Å². The first-order chi connectivity index (χ1) is 12.8. The molecule has 3 aliphatic rings. The Morgan fingerprint density at radius 2 is 1.85 bits per heavy atom. The minimum absolute atomic E-state index is 0.334. The van der Waals surface area contributed by atoms with Gasteiger partial charge < -0.3 is 14.8 Å². The number of rotatable bonds is 4. The summed E-state index contributed by atoms with van der Waals surface area (Å²) in [5, 5.41) is 3.75. The van der Waals surface area contributed by atoms with Crippen LogP contribution in [0.3, 0.4) is 0 Å². The molecule has 2 aromatic rings. The number of hydrogen-bond donors (Lipinski definition) is 1. The molecule has 5 rings (SSSR count). The van der Waals surface area contributed by atoms with Crippen LogP contribution in [0.1, 0.15) is 31.2 Å². The van der Waals surface area contributed by atoms with E-state index in [1.54, 1.807) is 0 Å². The van der Waals surface area contributed by atoms with Crippen LogP contribution in [0.15, 0.2) is 48.5 Å². The minimum atomic E-state index is 0.334. The number of fused-ring (bicyclic) bond motifs is 2. The lowest BCUT2D eigenvalue weighted by Crippen LogP contribution is -2.41. The summed E-state index contributed by atoms with van der Waals surface area (Å²) in [4.78, 5) is 2.70. The zero-order chi connectivity index (χ0) is 17.3. The van der Waals surface area contributed by atoms with Gasteiger partial charge in [0.15, 0.2) is 11.5 Å². The van der Waals surface area contributed by atoms with Gasteiger partial charge in [0, 0.05) is 30.4 Å². The second-order valence-corrected chi connectivity index (χ2v) is 7.79. The van der Waals surface area contributed by atoms with E-state index in [0.717, 1.165) is 29.6 Å². The Balaban J connectivity index is 1.25. The van der Waals surface area contributed by atoms with E-state index >= 15 is 0 Å². The maximum absolute atomic E-state index is 5.51. The SMILES string of the molecule is c1ccc(CN2CCC3CCC(Nc4ccc5c(c4)OCO5)CC32)cc1. The summed E-state index contributed by atoms with van der Waals surface area (Å²) >= 11 is 0. The van der Waals surface area contributed by atoms with E-state index in [2.05, 4.69) is 52.7 Å². The van der Waals surface area contributed by atoms with E-state index in [0.29, 0.717) is 18.9 Å². The lowest BCUT2D eigenvalue weighted by Gasteiger charge is -2.37. The Kier molecular flexibility index (Phi) is 4.21. The van der Waals surface area contributed by atoms with Gasteiger partial charge in [-0.05, 0) is 55.8 Å². The van der Waals surface area contributed by atoms with E-state index < -0.39 is 0 Å². The molecule has 2 aliphatic heterocycles. The van der Waals surface area contributed by atoms with Gasteiger partial charge in [0.25, 0.3) is 0 Å². The van der Waals surface area contributed by atoms with Crippen LogP contribution in [-0.4, -0.2) is 30.3 Å². The van der Waals surface area contributed by atoms with E-state index in [-0.39, 0.29) is 0 Å². The third kappa shape index (κ3) is 3.14. The monoisotopic (exact) mass is 350 g/mol. The summed E-state index contributed by atoms with van der Waals surface area (Å²) in [5.74, 6) is 2.58. The molecule has 0 amide bonds. The molecule has 4 nitrogen and oxygen atoms in total. The molecule has 0 radical (unpaired) electrons. The van der Waals surface area contributed by atoms with Crippen LogP contribution in [0.5, 0.6) is 11.5 Å². The molecule has 1 saturated carbocycles. The topological polar surface area (TPSA) is 33.7 Å². The first kappa shape index (κ1) is 16.0. The third-order valence-electron chi connectivity index (χ3n) is 6.18. The van der Waals surface area contributed by atoms with Gasteiger partial charge in [0.1, 0.15) is 0 Å². The predicted octanol–water partition coefficient (Wildman–Crippen LogP) is 4.27. The first-order valence-electron chi connectivity index (χ1n) is 9.79. The minimum Gasteiger partial charge on any atom is -0.454 e. The van der Waals surface area contributed by atoms with Gasteiger partial charge in [0.05, 0.1) is 0 Å². The fourth-order valence-corrected chi connectivity index (χ4v) is 4.86. The van der Waals surface area contributed by atoms with Crippen LogP contribution in [0, 0.1) is 5.92 Å². The van der Waals surface area contributed by atoms with Crippen molar-refractivity contribution in [2.24, 2.45) is 5.92 Å². The molecule has 0 bridgehead atoms. The van der Waals surface area contributed by atoms with Crippen LogP contribution in [-0.2, 0) is 6.54 Å². The molecule has 2 heterocycles. The van der Waals surface area contributed by atoms with Crippen molar-refractivity contribution in [2.75, 3.05) is 18.7 Å². The number of anilines is 1. The largest absolute Gasteiger partial charge is 0.454 e. The quantitative estimate of drug-likeness (QED) is 0.893. The number of nitrogens with zero attached hydrogens (tertiary/aromatic N) is 1. The zero-order valence-electron chi connectivity index (χ0n) is 15.1. The molecule has 1 N–H and O–H groups in total. The molecule has 1 saturated heterocycles. The van der Waals surface area contributed by atoms with E-state index in [1.807, 2.05) is 6.07 Å². The van der Waals surface area contributed by atoms with E-state index in [4.69, 9.17) is 9.47 Å². The Hall–Kier alpha value is -2.20. The molecular weight excluding hydrogens is 324 g/mol. The lowest BCUT2D eigenvalue weighted by molar-refractivity contribution is 0.168. The van der Waals surface area contributed by atoms with E-state index in [1.165, 1.54) is 37.8 Å². The van der Waals surface area contributed by atoms with Gasteiger partial charge in [-0.3, -0.25) is 4.90 Å². The van der Waals surface area contributed by atoms with Crippen molar-refractivity contribution in [2.45, 2.75) is 44.3 Å². The van der Waals surface area contributed by atoms with Crippen molar-refractivity contribution < 1.29 is 9.47 Å². The maximum Gasteiger partial charge on any atom is 0.231 e. The summed E-state index contributed by atoms with van der Waals surface area (Å²) in [6.07, 6.45) is 5.17. The highest BCUT2D eigenvalue weighted by Gasteiger charge is 2.38. The number of ether oxygens (including phenoxy) is 2. The molecule has 136 valence electrons. The average molecular weight is 350 g/mol. The molecule has 4 heteroatoms. The molecule has 0 spiro atoms. The Bertz CT molecular complexity index is 764. The predicted molar refractivity (Wildman–Crippen MR) is 103 cm³/mol. The molecular formula is C22H26N2O2. The Labute approximate surface area is 155 Å². The molecule has 2 aromatic carbocycles. The second-order valence-electron chi connectivity index (χ2n) is 7.79. The molecule has 0 aromatic heterocycles. The molecule has 2 fully saturated rings. The highest BCUT2D eigenvalue weighted by molar-refractivity contribution is 5.56. The lowest BCUT2D eigenvalue weighted by atomic mass is 9.82. The number of benzene rings is 2. The van der Waals surface area contributed by atoms with Crippen molar-refractivity contribution >= 4 is 5.69 Å². The van der Waals surface area contributed by atoms with Gasteiger partial charge in [-0.25, -0.2) is 0 Å². The Morgan fingerprint density at radius 1 is 0.962 bits per heavy atom. The summed E-state index contributed by atoms with van der Waals surface area (Å²) in [7, 11) is 0. The molecule has 26 heavy (non-hydrogen) atoms. The number of hydrogen-bond acceptors (Lipinski definition) is 4.